The van der Waals surface area contributed by atoms with Crippen molar-refractivity contribution in [1.29, 1.82) is 0 Å². The number of carbonyl (C=O) groups excluding carboxylic acids is 1. The second kappa shape index (κ2) is 8.03. The van der Waals surface area contributed by atoms with Gasteiger partial charge >= 0.3 is 5.69 Å². The third-order valence-corrected chi connectivity index (χ3v) is 7.36. The number of H-pyrrole nitrogens is 1. The van der Waals surface area contributed by atoms with Gasteiger partial charge in [0.15, 0.2) is 5.82 Å². The standard InChI is InChI=1S/C26H25ClN4O2/c27-23-13-21(20-7-4-17-2-1-3-19(17)12-20)8-9-22(23)24-28-29-26(33)31(24)15-16-10-11-30(14-16)25(32)18-5-6-18/h1,3-4,7-9,12-13,16,18H,2,5-6,10-11,14-15H2,(H,29,33)/t16-/m1/s1. The Kier molecular flexibility index (Phi) is 4.98. The highest BCUT2D eigenvalue weighted by molar-refractivity contribution is 6.33. The smallest absolute Gasteiger partial charge is 0.342 e. The molecule has 2 heterocycles. The zero-order chi connectivity index (χ0) is 22.5. The molecule has 2 aliphatic carbocycles. The van der Waals surface area contributed by atoms with Crippen molar-refractivity contribution in [3.8, 4) is 22.5 Å². The lowest BCUT2D eigenvalue weighted by Crippen LogP contribution is -2.31. The highest BCUT2D eigenvalue weighted by atomic mass is 35.5. The number of aromatic amines is 1. The van der Waals surface area contributed by atoms with E-state index in [2.05, 4.69) is 40.5 Å². The third kappa shape index (κ3) is 3.82. The van der Waals surface area contributed by atoms with Crippen LogP contribution in [0.2, 0.25) is 5.02 Å². The fourth-order valence-electron chi connectivity index (χ4n) is 5.03. The highest BCUT2D eigenvalue weighted by Gasteiger charge is 2.36. The number of halogens is 1. The molecule has 168 valence electrons. The van der Waals surface area contributed by atoms with Gasteiger partial charge < -0.3 is 4.90 Å². The van der Waals surface area contributed by atoms with Crippen LogP contribution in [0.15, 0.2) is 47.3 Å². The van der Waals surface area contributed by atoms with E-state index < -0.39 is 0 Å². The van der Waals surface area contributed by atoms with Crippen molar-refractivity contribution in [1.82, 2.24) is 19.7 Å². The van der Waals surface area contributed by atoms with E-state index in [1.54, 1.807) is 4.57 Å². The van der Waals surface area contributed by atoms with Crippen LogP contribution in [0.4, 0.5) is 0 Å². The topological polar surface area (TPSA) is 71.0 Å². The van der Waals surface area contributed by atoms with Gasteiger partial charge in [0, 0.05) is 31.1 Å². The van der Waals surface area contributed by atoms with E-state index in [0.29, 0.717) is 23.9 Å². The fourth-order valence-corrected chi connectivity index (χ4v) is 5.29. The SMILES string of the molecule is O=C(C1CC1)N1CC[C@@H](Cn2c(-c3ccc(-c4ccc5c(c4)C=CC5)cc3Cl)n[nH]c2=O)C1. The molecule has 2 aromatic carbocycles. The van der Waals surface area contributed by atoms with Crippen molar-refractivity contribution >= 4 is 23.6 Å². The van der Waals surface area contributed by atoms with Crippen LogP contribution < -0.4 is 5.69 Å². The number of fused-ring (bicyclic) bond motifs is 1. The predicted molar refractivity (Wildman–Crippen MR) is 129 cm³/mol. The Morgan fingerprint density at radius 1 is 1.12 bits per heavy atom. The minimum Gasteiger partial charge on any atom is -0.342 e. The molecule has 0 spiro atoms. The van der Waals surface area contributed by atoms with E-state index in [9.17, 15) is 9.59 Å². The summed E-state index contributed by atoms with van der Waals surface area (Å²) < 4.78 is 1.66. The second-order valence-corrected chi connectivity index (χ2v) is 9.80. The van der Waals surface area contributed by atoms with Gasteiger partial charge in [-0.05, 0) is 72.1 Å². The number of allylic oxidation sites excluding steroid dienone is 1. The first-order valence-corrected chi connectivity index (χ1v) is 12.0. The van der Waals surface area contributed by atoms with Crippen LogP contribution in [-0.4, -0.2) is 38.7 Å². The molecule has 6 nitrogen and oxygen atoms in total. The summed E-state index contributed by atoms with van der Waals surface area (Å²) >= 11 is 6.70. The van der Waals surface area contributed by atoms with E-state index in [-0.39, 0.29) is 23.4 Å². The number of carbonyl (C=O) groups is 1. The summed E-state index contributed by atoms with van der Waals surface area (Å²) in [4.78, 5) is 26.9. The minimum atomic E-state index is -0.248. The summed E-state index contributed by atoms with van der Waals surface area (Å²) in [5, 5.41) is 7.42. The van der Waals surface area contributed by atoms with Gasteiger partial charge in [0.2, 0.25) is 5.91 Å². The summed E-state index contributed by atoms with van der Waals surface area (Å²) in [5.74, 6) is 1.28. The van der Waals surface area contributed by atoms with Gasteiger partial charge in [0.05, 0.1) is 5.02 Å². The van der Waals surface area contributed by atoms with Crippen LogP contribution in [0, 0.1) is 11.8 Å². The molecule has 33 heavy (non-hydrogen) atoms. The Hall–Kier alpha value is -3.12. The van der Waals surface area contributed by atoms with Gasteiger partial charge in [-0.1, -0.05) is 42.0 Å². The molecule has 1 aromatic heterocycles. The molecule has 3 aromatic rings. The highest BCUT2D eigenvalue weighted by Crippen LogP contribution is 2.35. The first kappa shape index (κ1) is 20.5. The quantitative estimate of drug-likeness (QED) is 0.614. The molecule has 1 atom stereocenters. The molecule has 1 saturated heterocycles. The number of aromatic nitrogens is 3. The summed E-state index contributed by atoms with van der Waals surface area (Å²) in [7, 11) is 0. The van der Waals surface area contributed by atoms with Gasteiger partial charge in [0.1, 0.15) is 0 Å². The number of nitrogens with one attached hydrogen (secondary N) is 1. The van der Waals surface area contributed by atoms with Crippen LogP contribution in [0.3, 0.4) is 0 Å². The molecule has 0 unspecified atom stereocenters. The molecular formula is C26H25ClN4O2. The maximum absolute atomic E-state index is 12.6. The molecule has 2 fully saturated rings. The van der Waals surface area contributed by atoms with Crippen LogP contribution >= 0.6 is 11.6 Å². The van der Waals surface area contributed by atoms with Crippen molar-refractivity contribution in [3.05, 3.63) is 69.1 Å². The van der Waals surface area contributed by atoms with E-state index in [1.807, 2.05) is 23.1 Å². The monoisotopic (exact) mass is 460 g/mol. The van der Waals surface area contributed by atoms with Gasteiger partial charge in [-0.2, -0.15) is 5.10 Å². The normalized spacial score (nSPS) is 19.3. The van der Waals surface area contributed by atoms with E-state index in [4.69, 9.17) is 11.6 Å². The number of likely N-dealkylation sites (tertiary alicyclic amines) is 1. The van der Waals surface area contributed by atoms with Crippen LogP contribution in [-0.2, 0) is 17.8 Å². The van der Waals surface area contributed by atoms with Crippen molar-refractivity contribution in [3.63, 3.8) is 0 Å². The zero-order valence-electron chi connectivity index (χ0n) is 18.3. The number of hydrogen-bond acceptors (Lipinski definition) is 3. The Labute approximate surface area is 196 Å². The summed E-state index contributed by atoms with van der Waals surface area (Å²) in [6.45, 7) is 1.99. The average Bonchev–Trinajstić information content (AvgIpc) is 3.21. The molecule has 7 heteroatoms. The Bertz CT molecular complexity index is 1330. The molecular weight excluding hydrogens is 436 g/mol. The van der Waals surface area contributed by atoms with E-state index in [1.165, 1.54) is 11.1 Å². The second-order valence-electron chi connectivity index (χ2n) is 9.39. The predicted octanol–water partition coefficient (Wildman–Crippen LogP) is 4.39. The fraction of sp³-hybridized carbons (Fsp3) is 0.346. The zero-order valence-corrected chi connectivity index (χ0v) is 19.0. The van der Waals surface area contributed by atoms with Crippen molar-refractivity contribution < 1.29 is 4.79 Å². The molecule has 1 saturated carbocycles. The maximum atomic E-state index is 12.6. The summed E-state index contributed by atoms with van der Waals surface area (Å²) in [5.41, 5.74) is 5.21. The Morgan fingerprint density at radius 3 is 2.76 bits per heavy atom. The van der Waals surface area contributed by atoms with E-state index >= 15 is 0 Å². The molecule has 1 N–H and O–H groups in total. The van der Waals surface area contributed by atoms with Crippen LogP contribution in [0.5, 0.6) is 0 Å². The number of hydrogen-bond donors (Lipinski definition) is 1. The van der Waals surface area contributed by atoms with Crippen molar-refractivity contribution in [2.24, 2.45) is 11.8 Å². The number of rotatable bonds is 5. The van der Waals surface area contributed by atoms with Crippen LogP contribution in [0.25, 0.3) is 28.6 Å². The molecule has 0 bridgehead atoms. The lowest BCUT2D eigenvalue weighted by atomic mass is 9.99. The van der Waals surface area contributed by atoms with Crippen molar-refractivity contribution in [2.75, 3.05) is 13.1 Å². The van der Waals surface area contributed by atoms with Gasteiger partial charge in [-0.15, -0.1) is 0 Å². The van der Waals surface area contributed by atoms with Crippen LogP contribution in [0.1, 0.15) is 30.4 Å². The number of nitrogens with zero attached hydrogens (tertiary/aromatic N) is 3. The molecule has 6 rings (SSSR count). The largest absolute Gasteiger partial charge is 0.343 e. The first-order valence-electron chi connectivity index (χ1n) is 11.6. The van der Waals surface area contributed by atoms with Crippen molar-refractivity contribution in [2.45, 2.75) is 32.2 Å². The third-order valence-electron chi connectivity index (χ3n) is 7.05. The Morgan fingerprint density at radius 2 is 1.94 bits per heavy atom. The number of amides is 1. The van der Waals surface area contributed by atoms with Gasteiger partial charge in [-0.3, -0.25) is 9.36 Å². The Balaban J connectivity index is 1.24. The lowest BCUT2D eigenvalue weighted by Gasteiger charge is -2.17. The molecule has 1 amide bonds. The molecule has 0 radical (unpaired) electrons. The van der Waals surface area contributed by atoms with Gasteiger partial charge in [0.25, 0.3) is 0 Å². The number of benzene rings is 2. The summed E-state index contributed by atoms with van der Waals surface area (Å²) in [6.07, 6.45) is 8.24. The summed E-state index contributed by atoms with van der Waals surface area (Å²) in [6, 6.07) is 12.4. The minimum absolute atomic E-state index is 0.231. The molecule has 1 aliphatic heterocycles. The first-order chi connectivity index (χ1) is 16.1. The lowest BCUT2D eigenvalue weighted by molar-refractivity contribution is -0.131. The van der Waals surface area contributed by atoms with E-state index in [0.717, 1.165) is 48.9 Å². The average molecular weight is 461 g/mol. The molecule has 3 aliphatic rings. The van der Waals surface area contributed by atoms with Gasteiger partial charge in [-0.25, -0.2) is 9.89 Å². The maximum Gasteiger partial charge on any atom is 0.343 e.